The van der Waals surface area contributed by atoms with Crippen molar-refractivity contribution in [2.45, 2.75) is 18.8 Å². The predicted octanol–water partition coefficient (Wildman–Crippen LogP) is 3.13. The lowest BCUT2D eigenvalue weighted by atomic mass is 9.96. The Morgan fingerprint density at radius 2 is 2.00 bits per heavy atom. The van der Waals surface area contributed by atoms with Crippen LogP contribution in [-0.2, 0) is 11.2 Å². The first kappa shape index (κ1) is 17.2. The maximum Gasteiger partial charge on any atom is 0.224 e. The smallest absolute Gasteiger partial charge is 0.224 e. The van der Waals surface area contributed by atoms with E-state index in [1.165, 1.54) is 12.1 Å². The number of hydrogen-bond acceptors (Lipinski definition) is 2. The number of fused-ring (bicyclic) bond motifs is 1. The number of aromatic amines is 1. The molecule has 3 aromatic rings. The van der Waals surface area contributed by atoms with Gasteiger partial charge in [0.05, 0.1) is 6.42 Å². The van der Waals surface area contributed by atoms with Crippen LogP contribution in [0.2, 0.25) is 0 Å². The molecule has 4 nitrogen and oxygen atoms in total. The number of H-pyrrole nitrogens is 1. The molecule has 0 aliphatic rings. The van der Waals surface area contributed by atoms with Gasteiger partial charge >= 0.3 is 0 Å². The maximum atomic E-state index is 13.4. The van der Waals surface area contributed by atoms with Crippen molar-refractivity contribution in [3.05, 3.63) is 71.7 Å². The second-order valence-electron chi connectivity index (χ2n) is 6.10. The predicted molar refractivity (Wildman–Crippen MR) is 95.9 cm³/mol. The molecule has 1 aromatic heterocycles. The fraction of sp³-hybridized carbons (Fsp3) is 0.250. The number of rotatable bonds is 7. The summed E-state index contributed by atoms with van der Waals surface area (Å²) >= 11 is 0. The Labute approximate surface area is 145 Å². The van der Waals surface area contributed by atoms with Crippen molar-refractivity contribution in [1.82, 2.24) is 10.3 Å². The van der Waals surface area contributed by atoms with Gasteiger partial charge in [0.25, 0.3) is 0 Å². The topological polar surface area (TPSA) is 65.1 Å². The lowest BCUT2D eigenvalue weighted by Gasteiger charge is -2.17. The van der Waals surface area contributed by atoms with Gasteiger partial charge in [0, 0.05) is 36.2 Å². The van der Waals surface area contributed by atoms with E-state index in [1.54, 1.807) is 12.3 Å². The highest BCUT2D eigenvalue weighted by atomic mass is 19.1. The van der Waals surface area contributed by atoms with Gasteiger partial charge in [0.1, 0.15) is 5.82 Å². The molecule has 0 radical (unpaired) electrons. The molecule has 1 amide bonds. The van der Waals surface area contributed by atoms with Crippen LogP contribution in [0.5, 0.6) is 0 Å². The molecule has 3 rings (SSSR count). The van der Waals surface area contributed by atoms with E-state index in [1.807, 2.05) is 30.3 Å². The summed E-state index contributed by atoms with van der Waals surface area (Å²) in [4.78, 5) is 15.3. The monoisotopic (exact) mass is 340 g/mol. The quantitative estimate of drug-likeness (QED) is 0.619. The lowest BCUT2D eigenvalue weighted by molar-refractivity contribution is -0.120. The Kier molecular flexibility index (Phi) is 5.46. The molecule has 1 unspecified atom stereocenters. The Morgan fingerprint density at radius 3 is 2.76 bits per heavy atom. The van der Waals surface area contributed by atoms with E-state index < -0.39 is 0 Å². The number of carbonyl (C=O) groups excluding carboxylic acids is 1. The molecule has 0 saturated heterocycles. The largest absolute Gasteiger partial charge is 0.396 e. The van der Waals surface area contributed by atoms with Crippen LogP contribution in [0.4, 0.5) is 4.39 Å². The highest BCUT2D eigenvalue weighted by Crippen LogP contribution is 2.21. The average molecular weight is 340 g/mol. The standard InChI is InChI=1S/C20H21FN2O2/c21-17-6-7-19-18(11-17)16(13-22-19)10-20(25)23-12-15(8-9-24)14-4-2-1-3-5-14/h1-7,11,13,15,22,24H,8-10,12H2,(H,23,25). The van der Waals surface area contributed by atoms with E-state index in [-0.39, 0.29) is 30.7 Å². The minimum atomic E-state index is -0.319. The van der Waals surface area contributed by atoms with Crippen LogP contribution in [0.3, 0.4) is 0 Å². The second kappa shape index (κ2) is 7.94. The third-order valence-electron chi connectivity index (χ3n) is 4.37. The van der Waals surface area contributed by atoms with E-state index in [0.29, 0.717) is 13.0 Å². The van der Waals surface area contributed by atoms with Crippen LogP contribution in [0.1, 0.15) is 23.5 Å². The first-order valence-electron chi connectivity index (χ1n) is 8.35. The van der Waals surface area contributed by atoms with E-state index in [4.69, 9.17) is 0 Å². The number of nitrogens with one attached hydrogen (secondary N) is 2. The van der Waals surface area contributed by atoms with Crippen LogP contribution in [0, 0.1) is 5.82 Å². The van der Waals surface area contributed by atoms with Crippen molar-refractivity contribution < 1.29 is 14.3 Å². The number of carbonyl (C=O) groups is 1. The molecule has 0 aliphatic heterocycles. The van der Waals surface area contributed by atoms with E-state index in [9.17, 15) is 14.3 Å². The van der Waals surface area contributed by atoms with E-state index in [0.717, 1.165) is 22.0 Å². The molecule has 130 valence electrons. The van der Waals surface area contributed by atoms with Crippen molar-refractivity contribution in [3.63, 3.8) is 0 Å². The van der Waals surface area contributed by atoms with Gasteiger partial charge in [-0.15, -0.1) is 0 Å². The van der Waals surface area contributed by atoms with Crippen LogP contribution >= 0.6 is 0 Å². The molecule has 1 atom stereocenters. The third kappa shape index (κ3) is 4.25. The molecule has 1 heterocycles. The summed E-state index contributed by atoms with van der Waals surface area (Å²) in [5.74, 6) is -0.375. The lowest BCUT2D eigenvalue weighted by Crippen LogP contribution is -2.30. The normalized spacial score (nSPS) is 12.2. The average Bonchev–Trinajstić information content (AvgIpc) is 3.01. The van der Waals surface area contributed by atoms with Crippen molar-refractivity contribution in [2.75, 3.05) is 13.2 Å². The van der Waals surface area contributed by atoms with Gasteiger partial charge in [-0.2, -0.15) is 0 Å². The molecular formula is C20H21FN2O2. The zero-order valence-corrected chi connectivity index (χ0v) is 13.8. The molecule has 0 fully saturated rings. The van der Waals surface area contributed by atoms with E-state index in [2.05, 4.69) is 10.3 Å². The molecule has 25 heavy (non-hydrogen) atoms. The zero-order valence-electron chi connectivity index (χ0n) is 13.8. The molecule has 3 N–H and O–H groups in total. The minimum absolute atomic E-state index is 0.0653. The number of benzene rings is 2. The summed E-state index contributed by atoms with van der Waals surface area (Å²) in [5, 5.41) is 12.9. The summed E-state index contributed by atoms with van der Waals surface area (Å²) in [7, 11) is 0. The zero-order chi connectivity index (χ0) is 17.6. The summed E-state index contributed by atoms with van der Waals surface area (Å²) in [6.07, 6.45) is 2.51. The number of aliphatic hydroxyl groups is 1. The van der Waals surface area contributed by atoms with E-state index >= 15 is 0 Å². The summed E-state index contributed by atoms with van der Waals surface area (Å²) in [5.41, 5.74) is 2.67. The first-order valence-corrected chi connectivity index (χ1v) is 8.35. The van der Waals surface area contributed by atoms with Crippen LogP contribution in [-0.4, -0.2) is 29.1 Å². The summed E-state index contributed by atoms with van der Waals surface area (Å²) < 4.78 is 13.4. The van der Waals surface area contributed by atoms with Crippen molar-refractivity contribution in [1.29, 1.82) is 0 Å². The Bertz CT molecular complexity index is 845. The maximum absolute atomic E-state index is 13.4. The number of hydrogen-bond donors (Lipinski definition) is 3. The molecule has 0 bridgehead atoms. The molecule has 0 saturated carbocycles. The minimum Gasteiger partial charge on any atom is -0.396 e. The molecule has 0 spiro atoms. The van der Waals surface area contributed by atoms with Crippen LogP contribution in [0.15, 0.2) is 54.7 Å². The fourth-order valence-corrected chi connectivity index (χ4v) is 3.04. The Morgan fingerprint density at radius 1 is 1.20 bits per heavy atom. The van der Waals surface area contributed by atoms with Crippen molar-refractivity contribution in [2.24, 2.45) is 0 Å². The number of aromatic nitrogens is 1. The van der Waals surface area contributed by atoms with Crippen molar-refractivity contribution >= 4 is 16.8 Å². The number of amides is 1. The van der Waals surface area contributed by atoms with Gasteiger partial charge < -0.3 is 15.4 Å². The van der Waals surface area contributed by atoms with Gasteiger partial charge in [0.15, 0.2) is 0 Å². The van der Waals surface area contributed by atoms with Crippen molar-refractivity contribution in [3.8, 4) is 0 Å². The fourth-order valence-electron chi connectivity index (χ4n) is 3.04. The Hall–Kier alpha value is -2.66. The number of halogens is 1. The molecule has 0 aliphatic carbocycles. The molecule has 2 aromatic carbocycles. The first-order chi connectivity index (χ1) is 12.2. The van der Waals surface area contributed by atoms with Gasteiger partial charge in [-0.25, -0.2) is 4.39 Å². The SMILES string of the molecule is O=C(Cc1c[nH]c2ccc(F)cc12)NCC(CCO)c1ccccc1. The highest BCUT2D eigenvalue weighted by molar-refractivity contribution is 5.88. The highest BCUT2D eigenvalue weighted by Gasteiger charge is 2.14. The molecular weight excluding hydrogens is 319 g/mol. The van der Waals surface area contributed by atoms with Gasteiger partial charge in [-0.1, -0.05) is 30.3 Å². The number of aliphatic hydroxyl groups excluding tert-OH is 1. The van der Waals surface area contributed by atoms with Gasteiger partial charge in [-0.05, 0) is 35.7 Å². The molecule has 5 heteroatoms. The third-order valence-corrected chi connectivity index (χ3v) is 4.37. The van der Waals surface area contributed by atoms with Crippen LogP contribution in [0.25, 0.3) is 10.9 Å². The van der Waals surface area contributed by atoms with Crippen LogP contribution < -0.4 is 5.32 Å². The Balaban J connectivity index is 1.64. The second-order valence-corrected chi connectivity index (χ2v) is 6.10. The van der Waals surface area contributed by atoms with Gasteiger partial charge in [0.2, 0.25) is 5.91 Å². The summed E-state index contributed by atoms with van der Waals surface area (Å²) in [6.45, 7) is 0.525. The van der Waals surface area contributed by atoms with Gasteiger partial charge in [-0.3, -0.25) is 4.79 Å². The summed E-state index contributed by atoms with van der Waals surface area (Å²) in [6, 6.07) is 14.3.